The van der Waals surface area contributed by atoms with E-state index in [0.29, 0.717) is 22.5 Å². The maximum atomic E-state index is 12.0. The highest BCUT2D eigenvalue weighted by atomic mass is 35.5. The third-order valence-electron chi connectivity index (χ3n) is 4.49. The number of carbonyl (C=O) groups excluding carboxylic acids is 1. The Morgan fingerprint density at radius 2 is 2.20 bits per heavy atom. The minimum atomic E-state index is -0.0396. The minimum Gasteiger partial charge on any atom is -0.351 e. The summed E-state index contributed by atoms with van der Waals surface area (Å²) in [6.45, 7) is 0.473. The van der Waals surface area contributed by atoms with E-state index in [0.717, 1.165) is 23.7 Å². The summed E-state index contributed by atoms with van der Waals surface area (Å²) in [7, 11) is 0. The van der Waals surface area contributed by atoms with E-state index >= 15 is 0 Å². The van der Waals surface area contributed by atoms with Crippen LogP contribution >= 0.6 is 23.4 Å². The van der Waals surface area contributed by atoms with Crippen molar-refractivity contribution < 1.29 is 4.79 Å². The number of H-pyrrole nitrogens is 1. The van der Waals surface area contributed by atoms with Gasteiger partial charge in [-0.3, -0.25) is 9.89 Å². The molecule has 1 aromatic heterocycles. The van der Waals surface area contributed by atoms with Crippen LogP contribution in [0.5, 0.6) is 0 Å². The molecule has 1 aliphatic rings. The lowest BCUT2D eigenvalue weighted by Crippen LogP contribution is -2.24. The summed E-state index contributed by atoms with van der Waals surface area (Å²) >= 11 is 7.29. The van der Waals surface area contributed by atoms with Crippen LogP contribution in [0.25, 0.3) is 0 Å². The lowest BCUT2D eigenvalue weighted by atomic mass is 10.0. The first-order valence-electron chi connectivity index (χ1n) is 8.74. The van der Waals surface area contributed by atoms with Crippen LogP contribution in [-0.2, 0) is 17.8 Å². The quantitative estimate of drug-likeness (QED) is 0.681. The topological polar surface area (TPSA) is 70.7 Å². The SMILES string of the molecule is O=C(CSc1n[nH]c(CCC2CCCC2)n1)NCc1cccc(Cl)c1. The van der Waals surface area contributed by atoms with Crippen molar-refractivity contribution in [3.63, 3.8) is 0 Å². The maximum absolute atomic E-state index is 12.0. The summed E-state index contributed by atoms with van der Waals surface area (Å²) in [6.07, 6.45) is 7.56. The van der Waals surface area contributed by atoms with Gasteiger partial charge in [0.05, 0.1) is 5.75 Å². The average Bonchev–Trinajstić information content (AvgIpc) is 3.28. The fourth-order valence-corrected chi connectivity index (χ4v) is 3.98. The number of hydrogen-bond donors (Lipinski definition) is 2. The first kappa shape index (κ1) is 18.3. The van der Waals surface area contributed by atoms with Crippen LogP contribution < -0.4 is 5.32 Å². The van der Waals surface area contributed by atoms with Crippen molar-refractivity contribution >= 4 is 29.3 Å². The molecule has 0 spiro atoms. The van der Waals surface area contributed by atoms with Gasteiger partial charge in [0.15, 0.2) is 0 Å². The van der Waals surface area contributed by atoms with Crippen LogP contribution in [0.15, 0.2) is 29.4 Å². The lowest BCUT2D eigenvalue weighted by molar-refractivity contribution is -0.118. The number of rotatable bonds is 8. The van der Waals surface area contributed by atoms with Gasteiger partial charge in [-0.25, -0.2) is 4.98 Å². The molecule has 1 fully saturated rings. The molecule has 7 heteroatoms. The molecular weight excluding hydrogens is 356 g/mol. The molecule has 2 aromatic rings. The highest BCUT2D eigenvalue weighted by molar-refractivity contribution is 7.99. The van der Waals surface area contributed by atoms with E-state index in [1.165, 1.54) is 43.9 Å². The number of nitrogens with zero attached hydrogens (tertiary/aromatic N) is 2. The predicted molar refractivity (Wildman–Crippen MR) is 101 cm³/mol. The molecular formula is C18H23ClN4OS. The molecule has 1 aromatic carbocycles. The number of hydrogen-bond acceptors (Lipinski definition) is 4. The van der Waals surface area contributed by atoms with Crippen molar-refractivity contribution in [2.24, 2.45) is 5.92 Å². The Bertz CT molecular complexity index is 700. The molecule has 1 aliphatic carbocycles. The molecule has 0 atom stereocenters. The first-order chi connectivity index (χ1) is 12.2. The van der Waals surface area contributed by atoms with Crippen molar-refractivity contribution in [2.75, 3.05) is 5.75 Å². The highest BCUT2D eigenvalue weighted by Gasteiger charge is 2.15. The molecule has 2 N–H and O–H groups in total. The molecule has 25 heavy (non-hydrogen) atoms. The van der Waals surface area contributed by atoms with Crippen LogP contribution in [0.2, 0.25) is 5.02 Å². The zero-order chi connectivity index (χ0) is 17.5. The minimum absolute atomic E-state index is 0.0396. The number of benzene rings is 1. The summed E-state index contributed by atoms with van der Waals surface area (Å²) in [5.74, 6) is 2.04. The van der Waals surface area contributed by atoms with Gasteiger partial charge < -0.3 is 5.32 Å². The van der Waals surface area contributed by atoms with Crippen molar-refractivity contribution in [1.82, 2.24) is 20.5 Å². The van der Waals surface area contributed by atoms with Crippen molar-refractivity contribution in [3.05, 3.63) is 40.7 Å². The maximum Gasteiger partial charge on any atom is 0.230 e. The second-order valence-corrected chi connectivity index (χ2v) is 7.83. The van der Waals surface area contributed by atoms with Crippen LogP contribution in [0, 0.1) is 5.92 Å². The lowest BCUT2D eigenvalue weighted by Gasteiger charge is -2.05. The van der Waals surface area contributed by atoms with E-state index in [-0.39, 0.29) is 5.91 Å². The fraction of sp³-hybridized carbons (Fsp3) is 0.500. The van der Waals surface area contributed by atoms with E-state index in [2.05, 4.69) is 20.5 Å². The Balaban J connectivity index is 1.37. The second-order valence-electron chi connectivity index (χ2n) is 6.45. The summed E-state index contributed by atoms with van der Waals surface area (Å²) in [5, 5.41) is 11.4. The van der Waals surface area contributed by atoms with Crippen LogP contribution in [0.1, 0.15) is 43.5 Å². The monoisotopic (exact) mass is 378 g/mol. The molecule has 0 bridgehead atoms. The Kier molecular flexibility index (Phi) is 6.76. The van der Waals surface area contributed by atoms with Crippen molar-refractivity contribution in [2.45, 2.75) is 50.2 Å². The standard InChI is InChI=1S/C18H23ClN4OS/c19-15-7-3-6-14(10-15)11-20-17(24)12-25-18-21-16(22-23-18)9-8-13-4-1-2-5-13/h3,6-7,10,13H,1-2,4-5,8-9,11-12H2,(H,20,24)(H,21,22,23). The van der Waals surface area contributed by atoms with Gasteiger partial charge >= 0.3 is 0 Å². The third-order valence-corrected chi connectivity index (χ3v) is 5.57. The number of aromatic amines is 1. The molecule has 134 valence electrons. The summed E-state index contributed by atoms with van der Waals surface area (Å²) in [6, 6.07) is 7.47. The Hall–Kier alpha value is -1.53. The Labute approximate surface area is 157 Å². The van der Waals surface area contributed by atoms with Gasteiger partial charge in [0.25, 0.3) is 0 Å². The van der Waals surface area contributed by atoms with Gasteiger partial charge in [-0.1, -0.05) is 61.2 Å². The summed E-state index contributed by atoms with van der Waals surface area (Å²) in [4.78, 5) is 16.4. The molecule has 1 amide bonds. The number of carbonyl (C=O) groups is 1. The normalized spacial score (nSPS) is 14.8. The van der Waals surface area contributed by atoms with Gasteiger partial charge in [-0.2, -0.15) is 0 Å². The molecule has 0 radical (unpaired) electrons. The van der Waals surface area contributed by atoms with E-state index in [1.54, 1.807) is 0 Å². The van der Waals surface area contributed by atoms with Gasteiger partial charge in [-0.05, 0) is 30.0 Å². The van der Waals surface area contributed by atoms with E-state index < -0.39 is 0 Å². The Morgan fingerprint density at radius 3 is 3.00 bits per heavy atom. The third kappa shape index (κ3) is 6.04. The van der Waals surface area contributed by atoms with E-state index in [9.17, 15) is 4.79 Å². The smallest absolute Gasteiger partial charge is 0.230 e. The van der Waals surface area contributed by atoms with E-state index in [1.807, 2.05) is 24.3 Å². The van der Waals surface area contributed by atoms with Gasteiger partial charge in [0, 0.05) is 18.0 Å². The largest absolute Gasteiger partial charge is 0.351 e. The number of aromatic nitrogens is 3. The highest BCUT2D eigenvalue weighted by Crippen LogP contribution is 2.28. The predicted octanol–water partition coefficient (Wildman–Crippen LogP) is 3.99. The van der Waals surface area contributed by atoms with Gasteiger partial charge in [0.2, 0.25) is 11.1 Å². The van der Waals surface area contributed by atoms with Crippen LogP contribution in [-0.4, -0.2) is 26.8 Å². The van der Waals surface area contributed by atoms with Crippen molar-refractivity contribution in [1.29, 1.82) is 0 Å². The number of thioether (sulfide) groups is 1. The zero-order valence-electron chi connectivity index (χ0n) is 14.1. The molecule has 3 rings (SSSR count). The van der Waals surface area contributed by atoms with Crippen LogP contribution in [0.4, 0.5) is 0 Å². The summed E-state index contributed by atoms with van der Waals surface area (Å²) < 4.78 is 0. The van der Waals surface area contributed by atoms with E-state index in [4.69, 9.17) is 11.6 Å². The molecule has 0 aliphatic heterocycles. The zero-order valence-corrected chi connectivity index (χ0v) is 15.7. The molecule has 1 saturated carbocycles. The van der Waals surface area contributed by atoms with Crippen molar-refractivity contribution in [3.8, 4) is 0 Å². The summed E-state index contributed by atoms with van der Waals surface area (Å²) in [5.41, 5.74) is 0.984. The second kappa shape index (κ2) is 9.25. The number of aryl methyl sites for hydroxylation is 1. The van der Waals surface area contributed by atoms with Crippen LogP contribution in [0.3, 0.4) is 0 Å². The fourth-order valence-electron chi connectivity index (χ4n) is 3.12. The van der Waals surface area contributed by atoms with Gasteiger partial charge in [0.1, 0.15) is 5.82 Å². The first-order valence-corrected chi connectivity index (χ1v) is 10.1. The molecule has 0 saturated heterocycles. The van der Waals surface area contributed by atoms with Gasteiger partial charge in [-0.15, -0.1) is 5.10 Å². The molecule has 5 nitrogen and oxygen atoms in total. The molecule has 0 unspecified atom stereocenters. The average molecular weight is 379 g/mol. The molecule has 1 heterocycles. The number of amides is 1. The number of halogens is 1. The number of nitrogens with one attached hydrogen (secondary N) is 2. The Morgan fingerprint density at radius 1 is 1.36 bits per heavy atom.